The van der Waals surface area contributed by atoms with Crippen LogP contribution < -0.4 is 10.1 Å². The van der Waals surface area contributed by atoms with E-state index in [0.29, 0.717) is 28.4 Å². The number of aromatic nitrogens is 3. The standard InChI is InChI=1S/C22H24ClFN4O2S/c1-14(2)19(25-21(29)17-6-4-5-7-18(17)24)20-26-27-22(28(20)3)31-13-12-30-16-10-8-15(23)9-11-16/h4-11,14,19H,12-13H2,1-3H3,(H,25,29)/t19-/m1/s1. The second-order valence-electron chi connectivity index (χ2n) is 7.23. The van der Waals surface area contributed by atoms with E-state index >= 15 is 0 Å². The molecule has 164 valence electrons. The summed E-state index contributed by atoms with van der Waals surface area (Å²) in [6.45, 7) is 4.42. The molecule has 3 aromatic rings. The van der Waals surface area contributed by atoms with Gasteiger partial charge < -0.3 is 14.6 Å². The molecule has 1 aromatic heterocycles. The second kappa shape index (κ2) is 10.6. The molecule has 9 heteroatoms. The van der Waals surface area contributed by atoms with Crippen LogP contribution in [0.4, 0.5) is 4.39 Å². The number of carbonyl (C=O) groups is 1. The van der Waals surface area contributed by atoms with Crippen LogP contribution in [-0.2, 0) is 7.05 Å². The molecule has 1 atom stereocenters. The summed E-state index contributed by atoms with van der Waals surface area (Å²) in [6.07, 6.45) is 0. The number of thioether (sulfide) groups is 1. The molecular weight excluding hydrogens is 439 g/mol. The molecule has 0 unspecified atom stereocenters. The van der Waals surface area contributed by atoms with E-state index in [1.54, 1.807) is 24.3 Å². The molecule has 0 bridgehead atoms. The van der Waals surface area contributed by atoms with Gasteiger partial charge >= 0.3 is 0 Å². The first-order chi connectivity index (χ1) is 14.9. The molecule has 0 saturated heterocycles. The Kier molecular flexibility index (Phi) is 7.92. The maximum absolute atomic E-state index is 14.0. The van der Waals surface area contributed by atoms with Crippen LogP contribution in [0, 0.1) is 11.7 Å². The Bertz CT molecular complexity index is 1030. The quantitative estimate of drug-likeness (QED) is 0.361. The monoisotopic (exact) mass is 462 g/mol. The number of amides is 1. The second-order valence-corrected chi connectivity index (χ2v) is 8.72. The summed E-state index contributed by atoms with van der Waals surface area (Å²) in [7, 11) is 1.85. The molecule has 1 heterocycles. The Morgan fingerprint density at radius 2 is 1.90 bits per heavy atom. The van der Waals surface area contributed by atoms with Gasteiger partial charge in [-0.2, -0.15) is 0 Å². The number of rotatable bonds is 9. The fourth-order valence-corrected chi connectivity index (χ4v) is 3.80. The van der Waals surface area contributed by atoms with Gasteiger partial charge in [0.1, 0.15) is 11.6 Å². The minimum absolute atomic E-state index is 0.00395. The number of hydrogen-bond acceptors (Lipinski definition) is 5. The fraction of sp³-hybridized carbons (Fsp3) is 0.318. The van der Waals surface area contributed by atoms with E-state index in [9.17, 15) is 9.18 Å². The van der Waals surface area contributed by atoms with Gasteiger partial charge in [0, 0.05) is 17.8 Å². The van der Waals surface area contributed by atoms with Crippen molar-refractivity contribution in [1.29, 1.82) is 0 Å². The number of carbonyl (C=O) groups excluding carboxylic acids is 1. The summed E-state index contributed by atoms with van der Waals surface area (Å²) in [4.78, 5) is 12.6. The normalized spacial score (nSPS) is 12.1. The van der Waals surface area contributed by atoms with Crippen LogP contribution in [0.5, 0.6) is 5.75 Å². The van der Waals surface area contributed by atoms with Crippen LogP contribution in [-0.4, -0.2) is 33.0 Å². The lowest BCUT2D eigenvalue weighted by molar-refractivity contribution is 0.0918. The molecule has 0 aliphatic rings. The summed E-state index contributed by atoms with van der Waals surface area (Å²) in [5, 5.41) is 12.8. The van der Waals surface area contributed by atoms with Crippen molar-refractivity contribution in [2.75, 3.05) is 12.4 Å². The van der Waals surface area contributed by atoms with Crippen molar-refractivity contribution < 1.29 is 13.9 Å². The fourth-order valence-electron chi connectivity index (χ4n) is 2.94. The van der Waals surface area contributed by atoms with Crippen molar-refractivity contribution in [2.24, 2.45) is 13.0 Å². The van der Waals surface area contributed by atoms with Gasteiger partial charge in [-0.25, -0.2) is 4.39 Å². The van der Waals surface area contributed by atoms with Gasteiger partial charge in [0.2, 0.25) is 0 Å². The Labute approximate surface area is 190 Å². The van der Waals surface area contributed by atoms with Crippen LogP contribution in [0.3, 0.4) is 0 Å². The number of nitrogens with zero attached hydrogens (tertiary/aromatic N) is 3. The van der Waals surface area contributed by atoms with Gasteiger partial charge in [-0.05, 0) is 42.3 Å². The molecule has 2 aromatic carbocycles. The summed E-state index contributed by atoms with van der Waals surface area (Å²) in [6, 6.07) is 12.7. The van der Waals surface area contributed by atoms with Gasteiger partial charge in [0.15, 0.2) is 11.0 Å². The lowest BCUT2D eigenvalue weighted by Crippen LogP contribution is -2.34. The maximum Gasteiger partial charge on any atom is 0.254 e. The molecule has 1 N–H and O–H groups in total. The van der Waals surface area contributed by atoms with Crippen LogP contribution in [0.2, 0.25) is 5.02 Å². The third-order valence-corrected chi connectivity index (χ3v) is 5.85. The van der Waals surface area contributed by atoms with Crippen molar-refractivity contribution in [3.8, 4) is 5.75 Å². The van der Waals surface area contributed by atoms with E-state index in [1.165, 1.54) is 23.9 Å². The number of benzene rings is 2. The Hall–Kier alpha value is -2.58. The molecule has 0 radical (unpaired) electrons. The molecule has 0 aliphatic heterocycles. The minimum atomic E-state index is -0.558. The largest absolute Gasteiger partial charge is 0.493 e. The highest BCUT2D eigenvalue weighted by Crippen LogP contribution is 2.25. The van der Waals surface area contributed by atoms with E-state index in [4.69, 9.17) is 16.3 Å². The lowest BCUT2D eigenvalue weighted by Gasteiger charge is -2.22. The zero-order chi connectivity index (χ0) is 22.4. The van der Waals surface area contributed by atoms with E-state index in [2.05, 4.69) is 15.5 Å². The van der Waals surface area contributed by atoms with Gasteiger partial charge in [0.05, 0.1) is 18.2 Å². The number of ether oxygens (including phenoxy) is 1. The topological polar surface area (TPSA) is 69.0 Å². The maximum atomic E-state index is 14.0. The van der Waals surface area contributed by atoms with E-state index in [0.717, 1.165) is 5.75 Å². The van der Waals surface area contributed by atoms with Gasteiger partial charge in [-0.15, -0.1) is 10.2 Å². The third kappa shape index (κ3) is 5.98. The first-order valence-electron chi connectivity index (χ1n) is 9.82. The van der Waals surface area contributed by atoms with Crippen LogP contribution >= 0.6 is 23.4 Å². The molecule has 0 saturated carbocycles. The molecule has 3 rings (SSSR count). The highest BCUT2D eigenvalue weighted by molar-refractivity contribution is 7.99. The van der Waals surface area contributed by atoms with Gasteiger partial charge in [-0.1, -0.05) is 49.3 Å². The highest BCUT2D eigenvalue weighted by Gasteiger charge is 2.26. The molecule has 0 spiro atoms. The number of hydrogen-bond donors (Lipinski definition) is 1. The number of nitrogens with one attached hydrogen (secondary N) is 1. The zero-order valence-corrected chi connectivity index (χ0v) is 19.1. The van der Waals surface area contributed by atoms with Crippen LogP contribution in [0.25, 0.3) is 0 Å². The lowest BCUT2D eigenvalue weighted by atomic mass is 10.0. The molecule has 31 heavy (non-hydrogen) atoms. The predicted octanol–water partition coefficient (Wildman–Crippen LogP) is 4.91. The first kappa shape index (κ1) is 23.1. The molecule has 1 amide bonds. The molecule has 6 nitrogen and oxygen atoms in total. The average molecular weight is 463 g/mol. The summed E-state index contributed by atoms with van der Waals surface area (Å²) >= 11 is 7.37. The van der Waals surface area contributed by atoms with Crippen molar-refractivity contribution in [3.05, 3.63) is 70.8 Å². The van der Waals surface area contributed by atoms with Crippen LogP contribution in [0.15, 0.2) is 53.7 Å². The molecular formula is C22H24ClFN4O2S. The van der Waals surface area contributed by atoms with Crippen molar-refractivity contribution in [3.63, 3.8) is 0 Å². The average Bonchev–Trinajstić information content (AvgIpc) is 3.10. The van der Waals surface area contributed by atoms with Crippen molar-refractivity contribution in [2.45, 2.75) is 25.0 Å². The summed E-state index contributed by atoms with van der Waals surface area (Å²) < 4.78 is 21.5. The molecule has 0 aliphatic carbocycles. The highest BCUT2D eigenvalue weighted by atomic mass is 35.5. The third-order valence-electron chi connectivity index (χ3n) is 4.62. The van der Waals surface area contributed by atoms with E-state index < -0.39 is 17.8 Å². The summed E-state index contributed by atoms with van der Waals surface area (Å²) in [5.74, 6) is 1.02. The first-order valence-corrected chi connectivity index (χ1v) is 11.2. The Morgan fingerprint density at radius 1 is 1.19 bits per heavy atom. The summed E-state index contributed by atoms with van der Waals surface area (Å²) in [5.41, 5.74) is 0.00395. The van der Waals surface area contributed by atoms with Crippen molar-refractivity contribution in [1.82, 2.24) is 20.1 Å². The van der Waals surface area contributed by atoms with Crippen LogP contribution in [0.1, 0.15) is 36.1 Å². The van der Waals surface area contributed by atoms with E-state index in [-0.39, 0.29) is 11.5 Å². The van der Waals surface area contributed by atoms with Gasteiger partial charge in [0.25, 0.3) is 5.91 Å². The Balaban J connectivity index is 1.62. The Morgan fingerprint density at radius 3 is 2.58 bits per heavy atom. The predicted molar refractivity (Wildman–Crippen MR) is 120 cm³/mol. The van der Waals surface area contributed by atoms with E-state index in [1.807, 2.05) is 37.6 Å². The SMILES string of the molecule is CC(C)[C@@H](NC(=O)c1ccccc1F)c1nnc(SCCOc2ccc(Cl)cc2)n1C. The minimum Gasteiger partial charge on any atom is -0.493 e. The zero-order valence-electron chi connectivity index (χ0n) is 17.5. The van der Waals surface area contributed by atoms with Crippen molar-refractivity contribution >= 4 is 29.3 Å². The molecule has 0 fully saturated rings. The smallest absolute Gasteiger partial charge is 0.254 e. The van der Waals surface area contributed by atoms with Gasteiger partial charge in [-0.3, -0.25) is 4.79 Å². The number of halogens is 2.